The van der Waals surface area contributed by atoms with Gasteiger partial charge in [0.15, 0.2) is 0 Å². The molecule has 0 spiro atoms. The Morgan fingerprint density at radius 3 is 2.35 bits per heavy atom. The fourth-order valence-electron chi connectivity index (χ4n) is 3.82. The third-order valence-corrected chi connectivity index (χ3v) is 5.43. The first-order valence-electron chi connectivity index (χ1n) is 9.05. The van der Waals surface area contributed by atoms with Crippen molar-refractivity contribution in [1.29, 1.82) is 0 Å². The summed E-state index contributed by atoms with van der Waals surface area (Å²) in [5.74, 6) is 0.833. The Balaban J connectivity index is 1.89. The van der Waals surface area contributed by atoms with Crippen LogP contribution in [0.2, 0.25) is 0 Å². The monoisotopic (exact) mass is 280 g/mol. The first-order chi connectivity index (χ1) is 9.63. The van der Waals surface area contributed by atoms with Crippen molar-refractivity contribution >= 4 is 0 Å². The van der Waals surface area contributed by atoms with Gasteiger partial charge in [-0.3, -0.25) is 0 Å². The van der Waals surface area contributed by atoms with Gasteiger partial charge in [0.2, 0.25) is 0 Å². The molecule has 2 aliphatic rings. The van der Waals surface area contributed by atoms with Gasteiger partial charge < -0.3 is 10.2 Å². The zero-order valence-electron chi connectivity index (χ0n) is 14.1. The van der Waals surface area contributed by atoms with E-state index in [0.29, 0.717) is 5.41 Å². The van der Waals surface area contributed by atoms with Gasteiger partial charge in [0.05, 0.1) is 0 Å². The van der Waals surface area contributed by atoms with Gasteiger partial charge in [0, 0.05) is 25.7 Å². The lowest BCUT2D eigenvalue weighted by Crippen LogP contribution is -2.44. The van der Waals surface area contributed by atoms with Crippen molar-refractivity contribution < 1.29 is 0 Å². The Bertz CT molecular complexity index is 265. The van der Waals surface area contributed by atoms with E-state index in [4.69, 9.17) is 0 Å². The van der Waals surface area contributed by atoms with E-state index in [0.717, 1.165) is 12.0 Å². The van der Waals surface area contributed by atoms with Crippen LogP contribution < -0.4 is 5.32 Å². The van der Waals surface area contributed by atoms with Crippen LogP contribution in [-0.4, -0.2) is 37.6 Å². The minimum Gasteiger partial charge on any atom is -0.313 e. The van der Waals surface area contributed by atoms with Crippen LogP contribution in [0.4, 0.5) is 0 Å². The normalized spacial score (nSPS) is 24.6. The highest BCUT2D eigenvalue weighted by molar-refractivity contribution is 4.90. The zero-order valence-corrected chi connectivity index (χ0v) is 14.1. The Morgan fingerprint density at radius 2 is 1.80 bits per heavy atom. The second-order valence-corrected chi connectivity index (χ2v) is 7.78. The van der Waals surface area contributed by atoms with Crippen molar-refractivity contribution in [2.45, 2.75) is 77.7 Å². The summed E-state index contributed by atoms with van der Waals surface area (Å²) in [6.45, 7) is 8.54. The molecule has 2 saturated carbocycles. The molecule has 2 nitrogen and oxygen atoms in total. The van der Waals surface area contributed by atoms with E-state index in [1.165, 1.54) is 77.4 Å². The highest BCUT2D eigenvalue weighted by Gasteiger charge is 2.34. The Hall–Kier alpha value is -0.0800. The van der Waals surface area contributed by atoms with Crippen LogP contribution in [0.3, 0.4) is 0 Å². The smallest absolute Gasteiger partial charge is 0.00684 e. The molecule has 0 aromatic carbocycles. The lowest BCUT2D eigenvalue weighted by Gasteiger charge is -2.38. The third-order valence-electron chi connectivity index (χ3n) is 5.43. The van der Waals surface area contributed by atoms with E-state index < -0.39 is 0 Å². The molecule has 0 aromatic heterocycles. The van der Waals surface area contributed by atoms with Crippen molar-refractivity contribution in [2.75, 3.05) is 26.7 Å². The molecule has 2 fully saturated rings. The molecule has 1 N–H and O–H groups in total. The summed E-state index contributed by atoms with van der Waals surface area (Å²) in [4.78, 5) is 2.62. The molecule has 0 aliphatic heterocycles. The molecule has 0 bridgehead atoms. The van der Waals surface area contributed by atoms with Gasteiger partial charge in [0.1, 0.15) is 0 Å². The van der Waals surface area contributed by atoms with E-state index in [1.807, 2.05) is 0 Å². The van der Waals surface area contributed by atoms with Crippen molar-refractivity contribution in [2.24, 2.45) is 11.3 Å². The number of hydrogen-bond donors (Lipinski definition) is 1. The Labute approximate surface area is 126 Å². The second kappa shape index (κ2) is 7.79. The molecule has 118 valence electrons. The Morgan fingerprint density at radius 1 is 1.15 bits per heavy atom. The van der Waals surface area contributed by atoms with Gasteiger partial charge in [-0.2, -0.15) is 0 Å². The lowest BCUT2D eigenvalue weighted by atomic mass is 9.79. The standard InChI is InChI=1S/C18H36N2/c1-4-16(2)13-20(3)15-18(14-19-17-9-10-17)11-7-5-6-8-12-18/h16-17,19H,4-15H2,1-3H3. The fraction of sp³-hybridized carbons (Fsp3) is 1.00. The summed E-state index contributed by atoms with van der Waals surface area (Å²) in [7, 11) is 2.34. The van der Waals surface area contributed by atoms with Crippen LogP contribution in [-0.2, 0) is 0 Å². The van der Waals surface area contributed by atoms with Crippen LogP contribution in [0.5, 0.6) is 0 Å². The van der Waals surface area contributed by atoms with Crippen molar-refractivity contribution in [3.8, 4) is 0 Å². The average Bonchev–Trinajstić information content (AvgIpc) is 3.24. The quantitative estimate of drug-likeness (QED) is 0.675. The van der Waals surface area contributed by atoms with Crippen LogP contribution in [0, 0.1) is 11.3 Å². The molecule has 1 unspecified atom stereocenters. The molecule has 0 saturated heterocycles. The SMILES string of the molecule is CCC(C)CN(C)CC1(CNC2CC2)CCCCCC1. The van der Waals surface area contributed by atoms with Crippen LogP contribution >= 0.6 is 0 Å². The van der Waals surface area contributed by atoms with Crippen LogP contribution in [0.25, 0.3) is 0 Å². The van der Waals surface area contributed by atoms with E-state index in [-0.39, 0.29) is 0 Å². The summed E-state index contributed by atoms with van der Waals surface area (Å²) in [6, 6.07) is 0.856. The van der Waals surface area contributed by atoms with Gasteiger partial charge in [-0.1, -0.05) is 46.0 Å². The van der Waals surface area contributed by atoms with Crippen LogP contribution in [0.15, 0.2) is 0 Å². The van der Waals surface area contributed by atoms with Gasteiger partial charge in [-0.15, -0.1) is 0 Å². The van der Waals surface area contributed by atoms with Crippen molar-refractivity contribution in [3.63, 3.8) is 0 Å². The summed E-state index contributed by atoms with van der Waals surface area (Å²) in [5, 5.41) is 3.84. The third kappa shape index (κ3) is 5.37. The second-order valence-electron chi connectivity index (χ2n) is 7.78. The molecule has 0 heterocycles. The minimum atomic E-state index is 0.557. The van der Waals surface area contributed by atoms with Gasteiger partial charge in [-0.05, 0) is 44.1 Å². The van der Waals surface area contributed by atoms with Gasteiger partial charge in [0.25, 0.3) is 0 Å². The van der Waals surface area contributed by atoms with E-state index in [1.54, 1.807) is 0 Å². The molecule has 2 heteroatoms. The molecule has 2 rings (SSSR count). The molecule has 1 atom stereocenters. The molecular formula is C18H36N2. The van der Waals surface area contributed by atoms with Gasteiger partial charge >= 0.3 is 0 Å². The summed E-state index contributed by atoms with van der Waals surface area (Å²) in [5.41, 5.74) is 0.557. The highest BCUT2D eigenvalue weighted by Crippen LogP contribution is 2.36. The van der Waals surface area contributed by atoms with E-state index >= 15 is 0 Å². The molecule has 0 aromatic rings. The average molecular weight is 280 g/mol. The first kappa shape index (κ1) is 16.3. The maximum Gasteiger partial charge on any atom is 0.00684 e. The molecule has 0 radical (unpaired) electrons. The predicted octanol–water partition coefficient (Wildman–Crippen LogP) is 4.06. The zero-order chi connectivity index (χ0) is 14.4. The number of rotatable bonds is 8. The minimum absolute atomic E-state index is 0.557. The van der Waals surface area contributed by atoms with Crippen molar-refractivity contribution in [3.05, 3.63) is 0 Å². The summed E-state index contributed by atoms with van der Waals surface area (Å²) >= 11 is 0. The van der Waals surface area contributed by atoms with E-state index in [2.05, 4.69) is 31.1 Å². The summed E-state index contributed by atoms with van der Waals surface area (Å²) < 4.78 is 0. The topological polar surface area (TPSA) is 15.3 Å². The summed E-state index contributed by atoms with van der Waals surface area (Å²) in [6.07, 6.45) is 12.8. The number of nitrogens with one attached hydrogen (secondary N) is 1. The molecule has 2 aliphatic carbocycles. The lowest BCUT2D eigenvalue weighted by molar-refractivity contribution is 0.134. The predicted molar refractivity (Wildman–Crippen MR) is 88.1 cm³/mol. The van der Waals surface area contributed by atoms with Crippen molar-refractivity contribution in [1.82, 2.24) is 10.2 Å². The van der Waals surface area contributed by atoms with Crippen LogP contribution in [0.1, 0.15) is 71.6 Å². The maximum absolute atomic E-state index is 3.84. The van der Waals surface area contributed by atoms with Gasteiger partial charge in [-0.25, -0.2) is 0 Å². The molecule has 20 heavy (non-hydrogen) atoms. The highest BCUT2D eigenvalue weighted by atomic mass is 15.1. The molecule has 0 amide bonds. The Kier molecular flexibility index (Phi) is 6.35. The fourth-order valence-corrected chi connectivity index (χ4v) is 3.82. The number of hydrogen-bond acceptors (Lipinski definition) is 2. The van der Waals surface area contributed by atoms with E-state index in [9.17, 15) is 0 Å². The largest absolute Gasteiger partial charge is 0.313 e. The number of nitrogens with zero attached hydrogens (tertiary/aromatic N) is 1. The maximum atomic E-state index is 3.84. The molecular weight excluding hydrogens is 244 g/mol. The first-order valence-corrected chi connectivity index (χ1v) is 9.05.